The number of pyridine rings is 1. The predicted octanol–water partition coefficient (Wildman–Crippen LogP) is 2.26. The lowest BCUT2D eigenvalue weighted by atomic mass is 10.2. The molecule has 19 heavy (non-hydrogen) atoms. The van der Waals surface area contributed by atoms with E-state index in [1.54, 1.807) is 0 Å². The fourth-order valence-electron chi connectivity index (χ4n) is 2.85. The summed E-state index contributed by atoms with van der Waals surface area (Å²) in [6.07, 6.45) is 9.79. The first-order chi connectivity index (χ1) is 9.42. The van der Waals surface area contributed by atoms with Crippen molar-refractivity contribution in [3.63, 3.8) is 0 Å². The van der Waals surface area contributed by atoms with Gasteiger partial charge in [-0.15, -0.1) is 0 Å². The fraction of sp³-hybridized carbons (Fsp3) is 0.0714. The van der Waals surface area contributed by atoms with Crippen molar-refractivity contribution < 1.29 is 4.57 Å². The molecule has 0 atom stereocenters. The summed E-state index contributed by atoms with van der Waals surface area (Å²) >= 11 is 1.83. The molecule has 0 saturated carbocycles. The molecule has 0 N–H and O–H groups in total. The number of aromatic nitrogens is 4. The van der Waals surface area contributed by atoms with E-state index in [9.17, 15) is 0 Å². The molecule has 4 nitrogen and oxygen atoms in total. The van der Waals surface area contributed by atoms with Crippen LogP contribution in [0.1, 0.15) is 5.69 Å². The van der Waals surface area contributed by atoms with Crippen LogP contribution >= 0.6 is 11.3 Å². The molecule has 0 saturated heterocycles. The van der Waals surface area contributed by atoms with Gasteiger partial charge in [0.25, 0.3) is 10.5 Å². The summed E-state index contributed by atoms with van der Waals surface area (Å²) in [6.45, 7) is 0.861. The summed E-state index contributed by atoms with van der Waals surface area (Å²) in [6, 6.07) is 4.16. The highest BCUT2D eigenvalue weighted by molar-refractivity contribution is 7.21. The minimum absolute atomic E-state index is 0.861. The van der Waals surface area contributed by atoms with E-state index in [4.69, 9.17) is 0 Å². The summed E-state index contributed by atoms with van der Waals surface area (Å²) in [5.41, 5.74) is 4.86. The molecule has 0 fully saturated rings. The molecule has 4 aromatic rings. The van der Waals surface area contributed by atoms with Crippen LogP contribution in [0.15, 0.2) is 43.1 Å². The Kier molecular flexibility index (Phi) is 1.62. The zero-order chi connectivity index (χ0) is 12.4. The van der Waals surface area contributed by atoms with Crippen molar-refractivity contribution in [3.8, 4) is 10.6 Å². The van der Waals surface area contributed by atoms with Crippen molar-refractivity contribution in [2.75, 3.05) is 0 Å². The molecule has 0 bridgehead atoms. The van der Waals surface area contributed by atoms with Crippen molar-refractivity contribution in [2.24, 2.45) is 0 Å². The second-order valence-corrected chi connectivity index (χ2v) is 5.73. The summed E-state index contributed by atoms with van der Waals surface area (Å²) in [7, 11) is 0. The van der Waals surface area contributed by atoms with Gasteiger partial charge >= 0.3 is 0 Å². The molecule has 90 valence electrons. The van der Waals surface area contributed by atoms with E-state index in [0.717, 1.165) is 12.1 Å². The van der Waals surface area contributed by atoms with Gasteiger partial charge in [-0.1, -0.05) is 11.3 Å². The predicted molar refractivity (Wildman–Crippen MR) is 73.1 cm³/mol. The Morgan fingerprint density at radius 3 is 3.32 bits per heavy atom. The molecule has 4 aromatic heterocycles. The van der Waals surface area contributed by atoms with Crippen LogP contribution in [0, 0.1) is 0 Å². The third kappa shape index (κ3) is 1.11. The first kappa shape index (κ1) is 9.63. The molecule has 5 heterocycles. The third-order valence-corrected chi connectivity index (χ3v) is 4.82. The van der Waals surface area contributed by atoms with Gasteiger partial charge < -0.3 is 4.40 Å². The molecule has 0 amide bonds. The second kappa shape index (κ2) is 3.19. The summed E-state index contributed by atoms with van der Waals surface area (Å²) < 4.78 is 5.80. The number of nitrogens with zero attached hydrogens (tertiary/aromatic N) is 4. The minimum Gasteiger partial charge on any atom is -0.314 e. The lowest BCUT2D eigenvalue weighted by Gasteiger charge is -1.90. The number of thiazole rings is 1. The van der Waals surface area contributed by atoms with Gasteiger partial charge in [-0.25, -0.2) is 0 Å². The number of hydrogen-bond acceptors (Lipinski definition) is 3. The summed E-state index contributed by atoms with van der Waals surface area (Å²) in [5, 5.41) is 1.31. The van der Waals surface area contributed by atoms with Crippen LogP contribution in [0.4, 0.5) is 0 Å². The summed E-state index contributed by atoms with van der Waals surface area (Å²) in [5.74, 6) is 0. The van der Waals surface area contributed by atoms with Gasteiger partial charge in [0.2, 0.25) is 0 Å². The SMILES string of the molecule is c1cnc2c(c1)-c1sc3cn4ccncc4c3[n+]1C2. The van der Waals surface area contributed by atoms with E-state index >= 15 is 0 Å². The summed E-state index contributed by atoms with van der Waals surface area (Å²) in [4.78, 5) is 8.73. The normalized spacial score (nSPS) is 13.1. The maximum absolute atomic E-state index is 4.48. The molecular formula is C14H9N4S+. The van der Waals surface area contributed by atoms with Crippen molar-refractivity contribution in [1.82, 2.24) is 14.4 Å². The van der Waals surface area contributed by atoms with Crippen LogP contribution in [0.5, 0.6) is 0 Å². The highest BCUT2D eigenvalue weighted by atomic mass is 32.1. The van der Waals surface area contributed by atoms with Crippen molar-refractivity contribution in [2.45, 2.75) is 6.54 Å². The molecule has 0 spiro atoms. The quantitative estimate of drug-likeness (QED) is 0.402. The number of fused-ring (bicyclic) bond motifs is 7. The van der Waals surface area contributed by atoms with E-state index in [2.05, 4.69) is 31.2 Å². The Labute approximate surface area is 112 Å². The van der Waals surface area contributed by atoms with Crippen LogP contribution in [0.25, 0.3) is 26.3 Å². The van der Waals surface area contributed by atoms with E-state index in [-0.39, 0.29) is 0 Å². The molecule has 0 aromatic carbocycles. The monoisotopic (exact) mass is 265 g/mol. The Balaban J connectivity index is 1.94. The molecule has 5 rings (SSSR count). The third-order valence-electron chi connectivity index (χ3n) is 3.67. The lowest BCUT2D eigenvalue weighted by Crippen LogP contribution is -2.30. The Morgan fingerprint density at radius 2 is 2.32 bits per heavy atom. The first-order valence-electron chi connectivity index (χ1n) is 6.13. The van der Waals surface area contributed by atoms with Crippen molar-refractivity contribution in [3.05, 3.63) is 48.8 Å². The van der Waals surface area contributed by atoms with Gasteiger partial charge in [0.15, 0.2) is 6.54 Å². The Bertz CT molecular complexity index is 951. The molecule has 0 unspecified atom stereocenters. The van der Waals surface area contributed by atoms with Crippen LogP contribution in [-0.2, 0) is 6.54 Å². The lowest BCUT2D eigenvalue weighted by molar-refractivity contribution is -0.641. The van der Waals surface area contributed by atoms with Crippen LogP contribution in [-0.4, -0.2) is 14.4 Å². The van der Waals surface area contributed by atoms with E-state index in [1.807, 2.05) is 42.2 Å². The van der Waals surface area contributed by atoms with Gasteiger partial charge in [-0.05, 0) is 12.1 Å². The zero-order valence-corrected chi connectivity index (χ0v) is 10.8. The maximum Gasteiger partial charge on any atom is 0.272 e. The molecular weight excluding hydrogens is 256 g/mol. The zero-order valence-electron chi connectivity index (χ0n) is 9.95. The maximum atomic E-state index is 4.48. The van der Waals surface area contributed by atoms with Gasteiger partial charge in [0.1, 0.15) is 15.9 Å². The van der Waals surface area contributed by atoms with E-state index in [1.165, 1.54) is 26.5 Å². The largest absolute Gasteiger partial charge is 0.314 e. The van der Waals surface area contributed by atoms with Gasteiger partial charge in [-0.2, -0.15) is 4.57 Å². The molecule has 0 aliphatic carbocycles. The van der Waals surface area contributed by atoms with Gasteiger partial charge in [0, 0.05) is 24.8 Å². The Hall–Kier alpha value is -2.27. The highest BCUT2D eigenvalue weighted by Crippen LogP contribution is 2.36. The van der Waals surface area contributed by atoms with E-state index in [0.29, 0.717) is 0 Å². The van der Waals surface area contributed by atoms with Crippen LogP contribution in [0.3, 0.4) is 0 Å². The first-order valence-corrected chi connectivity index (χ1v) is 6.95. The average Bonchev–Trinajstić information content (AvgIpc) is 3.05. The minimum atomic E-state index is 0.861. The molecule has 1 aliphatic heterocycles. The van der Waals surface area contributed by atoms with Crippen molar-refractivity contribution >= 4 is 27.1 Å². The van der Waals surface area contributed by atoms with Gasteiger partial charge in [0.05, 0.1) is 11.8 Å². The van der Waals surface area contributed by atoms with E-state index < -0.39 is 0 Å². The Morgan fingerprint density at radius 1 is 1.32 bits per heavy atom. The second-order valence-electron chi connectivity index (χ2n) is 4.70. The highest BCUT2D eigenvalue weighted by Gasteiger charge is 2.34. The molecule has 5 heteroatoms. The van der Waals surface area contributed by atoms with Crippen LogP contribution in [0.2, 0.25) is 0 Å². The number of hydrogen-bond donors (Lipinski definition) is 0. The fourth-order valence-corrected chi connectivity index (χ4v) is 4.09. The van der Waals surface area contributed by atoms with Crippen LogP contribution < -0.4 is 4.57 Å². The van der Waals surface area contributed by atoms with Gasteiger partial charge in [-0.3, -0.25) is 9.97 Å². The number of rotatable bonds is 0. The topological polar surface area (TPSA) is 34.1 Å². The standard InChI is InChI=1S/C14H9N4S/c1-2-9-10(16-3-1)7-18-13-11-6-15-4-5-17(11)8-12(13)19-14(9)18/h1-6,8H,7H2/q+1. The smallest absolute Gasteiger partial charge is 0.272 e. The molecule has 0 radical (unpaired) electrons. The molecule has 1 aliphatic rings. The average molecular weight is 265 g/mol. The van der Waals surface area contributed by atoms with Crippen molar-refractivity contribution in [1.29, 1.82) is 0 Å².